The van der Waals surface area contributed by atoms with Crippen molar-refractivity contribution in [1.29, 1.82) is 0 Å². The highest BCUT2D eigenvalue weighted by Crippen LogP contribution is 2.70. The minimum Gasteiger partial charge on any atom is -0.431 e. The summed E-state index contributed by atoms with van der Waals surface area (Å²) in [5.41, 5.74) is 1.26. The molecule has 0 spiro atoms. The van der Waals surface area contributed by atoms with Crippen LogP contribution < -0.4 is 5.63 Å². The van der Waals surface area contributed by atoms with Crippen LogP contribution in [-0.2, 0) is 4.74 Å². The molecule has 4 fully saturated rings. The third-order valence-electron chi connectivity index (χ3n) is 11.6. The molecule has 1 heterocycles. The molecule has 7 nitrogen and oxygen atoms in total. The number of aliphatic hydroxyl groups is 2. The van der Waals surface area contributed by atoms with Crippen LogP contribution in [0.1, 0.15) is 96.0 Å². The van der Waals surface area contributed by atoms with Gasteiger partial charge in [0.1, 0.15) is 12.1 Å². The van der Waals surface area contributed by atoms with Crippen molar-refractivity contribution in [2.45, 2.75) is 120 Å². The maximum Gasteiger partial charge on any atom is 0.335 e. The first-order valence-corrected chi connectivity index (χ1v) is 14.4. The molecule has 1 aromatic rings. The molecule has 0 radical (unpaired) electrons. The summed E-state index contributed by atoms with van der Waals surface area (Å²) in [5.74, 6) is 0.886. The van der Waals surface area contributed by atoms with Crippen molar-refractivity contribution < 1.29 is 19.4 Å². The van der Waals surface area contributed by atoms with E-state index in [0.29, 0.717) is 12.3 Å². The van der Waals surface area contributed by atoms with E-state index in [1.165, 1.54) is 11.6 Å². The summed E-state index contributed by atoms with van der Waals surface area (Å²) >= 11 is 0. The third kappa shape index (κ3) is 3.82. The van der Waals surface area contributed by atoms with Crippen LogP contribution in [0, 0.1) is 27.6 Å². The Morgan fingerprint density at radius 3 is 2.62 bits per heavy atom. The minimum atomic E-state index is -0.813. The van der Waals surface area contributed by atoms with Crippen molar-refractivity contribution >= 4 is 0 Å². The standard InChI is InChI=1S/C30H41NO6/c1-28-13-10-20(37-25-5-3-4-24(31-35)27(25)33)16-19(28)7-8-23-22(28)11-14-29(2)21(12-15-30(23,29)34)18-6-9-26(32)36-17-18/h6,9,16-17,20-25,27,33-34H,3-5,7-8,10-15H2,1-2H3. The third-order valence-corrected chi connectivity index (χ3v) is 11.6. The molecule has 4 saturated carbocycles. The Morgan fingerprint density at radius 1 is 1.03 bits per heavy atom. The van der Waals surface area contributed by atoms with Gasteiger partial charge in [0.05, 0.1) is 24.1 Å². The van der Waals surface area contributed by atoms with Crippen molar-refractivity contribution in [3.63, 3.8) is 0 Å². The lowest BCUT2D eigenvalue weighted by Gasteiger charge is -2.62. The molecule has 7 heteroatoms. The van der Waals surface area contributed by atoms with Crippen LogP contribution in [0.5, 0.6) is 0 Å². The fourth-order valence-corrected chi connectivity index (χ4v) is 9.48. The van der Waals surface area contributed by atoms with E-state index >= 15 is 0 Å². The Bertz CT molecular complexity index is 1110. The van der Waals surface area contributed by atoms with E-state index in [1.54, 1.807) is 6.26 Å². The van der Waals surface area contributed by atoms with Crippen LogP contribution in [-0.4, -0.2) is 40.2 Å². The second kappa shape index (κ2) is 9.13. The van der Waals surface area contributed by atoms with Gasteiger partial charge in [-0.15, -0.1) is 0 Å². The first-order chi connectivity index (χ1) is 17.7. The van der Waals surface area contributed by atoms with Crippen LogP contribution in [0.15, 0.2) is 44.4 Å². The lowest BCUT2D eigenvalue weighted by Crippen LogP contribution is -2.60. The zero-order chi connectivity index (χ0) is 26.0. The second-order valence-corrected chi connectivity index (χ2v) is 13.1. The first kappa shape index (κ1) is 25.4. The predicted molar refractivity (Wildman–Crippen MR) is 139 cm³/mol. The summed E-state index contributed by atoms with van der Waals surface area (Å²) in [6, 6.07) is 2.83. The van der Waals surface area contributed by atoms with Gasteiger partial charge < -0.3 is 19.4 Å². The molecule has 202 valence electrons. The van der Waals surface area contributed by atoms with Crippen LogP contribution in [0.25, 0.3) is 0 Å². The summed E-state index contributed by atoms with van der Waals surface area (Å²) in [6.45, 7) is 4.67. The molecule has 10 unspecified atom stereocenters. The van der Waals surface area contributed by atoms with Gasteiger partial charge in [0, 0.05) is 11.5 Å². The number of fused-ring (bicyclic) bond motifs is 5. The van der Waals surface area contributed by atoms with Crippen molar-refractivity contribution in [3.05, 3.63) is 50.9 Å². The second-order valence-electron chi connectivity index (χ2n) is 13.1. The van der Waals surface area contributed by atoms with Gasteiger partial charge in [-0.2, -0.15) is 4.91 Å². The van der Waals surface area contributed by atoms with E-state index in [0.717, 1.165) is 69.8 Å². The van der Waals surface area contributed by atoms with Gasteiger partial charge in [0.25, 0.3) is 0 Å². The normalized spacial score (nSPS) is 47.4. The zero-order valence-electron chi connectivity index (χ0n) is 22.1. The molecule has 5 aliphatic rings. The van der Waals surface area contributed by atoms with E-state index in [4.69, 9.17) is 9.15 Å². The summed E-state index contributed by atoms with van der Waals surface area (Å²) in [6.07, 6.45) is 12.6. The van der Waals surface area contributed by atoms with Gasteiger partial charge in [-0.3, -0.25) is 0 Å². The van der Waals surface area contributed by atoms with Crippen LogP contribution >= 0.6 is 0 Å². The topological polar surface area (TPSA) is 109 Å². The maximum atomic E-state index is 12.4. The first-order valence-electron chi connectivity index (χ1n) is 14.4. The highest BCUT2D eigenvalue weighted by atomic mass is 16.5. The lowest BCUT2D eigenvalue weighted by molar-refractivity contribution is -0.179. The minimum absolute atomic E-state index is 0.0368. The van der Waals surface area contributed by atoms with E-state index < -0.39 is 17.7 Å². The number of aliphatic hydroxyl groups excluding tert-OH is 1. The summed E-state index contributed by atoms with van der Waals surface area (Å²) in [4.78, 5) is 22.6. The molecule has 2 N–H and O–H groups in total. The van der Waals surface area contributed by atoms with E-state index in [2.05, 4.69) is 25.1 Å². The highest BCUT2D eigenvalue weighted by molar-refractivity contribution is 5.31. The largest absolute Gasteiger partial charge is 0.431 e. The monoisotopic (exact) mass is 511 g/mol. The summed E-state index contributed by atoms with van der Waals surface area (Å²) in [7, 11) is 0. The fraction of sp³-hybridized carbons (Fsp3) is 0.767. The number of ether oxygens (including phenoxy) is 1. The van der Waals surface area contributed by atoms with Gasteiger partial charge in [0.2, 0.25) is 0 Å². The number of hydrogen-bond acceptors (Lipinski definition) is 7. The number of rotatable bonds is 4. The van der Waals surface area contributed by atoms with Gasteiger partial charge in [-0.1, -0.05) is 30.7 Å². The van der Waals surface area contributed by atoms with Crippen molar-refractivity contribution in [2.24, 2.45) is 27.8 Å². The lowest BCUT2D eigenvalue weighted by atomic mass is 9.45. The van der Waals surface area contributed by atoms with Crippen molar-refractivity contribution in [2.75, 3.05) is 0 Å². The van der Waals surface area contributed by atoms with E-state index in [1.807, 2.05) is 6.07 Å². The molecular formula is C30H41NO6. The SMILES string of the molecule is CC12CCC(OC3CCCC(N=O)C3O)C=C1CCC1C2CCC2(C)C(c3ccc(=O)oc3)CCC12O. The molecule has 0 aliphatic heterocycles. The average molecular weight is 512 g/mol. The molecule has 0 bridgehead atoms. The Morgan fingerprint density at radius 2 is 1.86 bits per heavy atom. The molecule has 5 aliphatic carbocycles. The van der Waals surface area contributed by atoms with Crippen LogP contribution in [0.4, 0.5) is 0 Å². The molecule has 0 aromatic carbocycles. The summed E-state index contributed by atoms with van der Waals surface area (Å²) < 4.78 is 11.6. The highest BCUT2D eigenvalue weighted by Gasteiger charge is 2.66. The molecule has 37 heavy (non-hydrogen) atoms. The molecular weight excluding hydrogens is 470 g/mol. The quantitative estimate of drug-likeness (QED) is 0.423. The number of nitrogens with zero attached hydrogens (tertiary/aromatic N) is 1. The van der Waals surface area contributed by atoms with Gasteiger partial charge in [0.15, 0.2) is 0 Å². The molecule has 0 saturated heterocycles. The number of nitroso groups, excluding NO2 is 1. The van der Waals surface area contributed by atoms with Gasteiger partial charge in [-0.05, 0) is 105 Å². The van der Waals surface area contributed by atoms with Gasteiger partial charge in [-0.25, -0.2) is 4.79 Å². The Balaban J connectivity index is 1.22. The van der Waals surface area contributed by atoms with Gasteiger partial charge >= 0.3 is 5.63 Å². The van der Waals surface area contributed by atoms with Crippen molar-refractivity contribution in [3.8, 4) is 0 Å². The number of hydrogen-bond donors (Lipinski definition) is 2. The fourth-order valence-electron chi connectivity index (χ4n) is 9.48. The maximum absolute atomic E-state index is 12.4. The molecule has 0 amide bonds. The summed E-state index contributed by atoms with van der Waals surface area (Å²) in [5, 5.41) is 26.1. The average Bonchev–Trinajstić information content (AvgIpc) is 3.17. The van der Waals surface area contributed by atoms with Crippen LogP contribution in [0.2, 0.25) is 0 Å². The Labute approximate surface area is 218 Å². The molecule has 10 atom stereocenters. The Hall–Kier alpha value is -1.83. The molecule has 1 aromatic heterocycles. The van der Waals surface area contributed by atoms with E-state index in [9.17, 15) is 19.9 Å². The van der Waals surface area contributed by atoms with E-state index in [-0.39, 0.29) is 40.5 Å². The number of allylic oxidation sites excluding steroid dienone is 1. The molecule has 6 rings (SSSR count). The van der Waals surface area contributed by atoms with Crippen LogP contribution in [0.3, 0.4) is 0 Å². The smallest absolute Gasteiger partial charge is 0.335 e. The zero-order valence-corrected chi connectivity index (χ0v) is 22.1. The Kier molecular flexibility index (Phi) is 6.28. The predicted octanol–water partition coefficient (Wildman–Crippen LogP) is 5.23. The van der Waals surface area contributed by atoms with Crippen molar-refractivity contribution in [1.82, 2.24) is 0 Å².